The third-order valence-electron chi connectivity index (χ3n) is 4.94. The maximum Gasteiger partial charge on any atom is 0.266 e. The third kappa shape index (κ3) is 4.43. The monoisotopic (exact) mass is 395 g/mol. The molecule has 0 N–H and O–H groups in total. The summed E-state index contributed by atoms with van der Waals surface area (Å²) < 4.78 is 3.16. The highest BCUT2D eigenvalue weighted by atomic mass is 16.1. The van der Waals surface area contributed by atoms with E-state index in [-0.39, 0.29) is 5.56 Å². The van der Waals surface area contributed by atoms with Crippen LogP contribution in [0.25, 0.3) is 5.82 Å². The third-order valence-corrected chi connectivity index (χ3v) is 4.94. The highest BCUT2D eigenvalue weighted by Crippen LogP contribution is 2.15. The van der Waals surface area contributed by atoms with Gasteiger partial charge in [0, 0.05) is 71.5 Å². The fraction of sp³-hybridized carbons (Fsp3) is 0.421. The number of hydrogen-bond acceptors (Lipinski definition) is 8. The lowest BCUT2D eigenvalue weighted by Crippen LogP contribution is -2.48. The standard InChI is InChI=1S/C19H25N9O/c1-24(2)19-20-8-6-16(22-19)26-13-10-25(11-14-26)12-15-28-18(29)5-4-17(23-28)27-9-3-7-21-27/h3-9H,10-15H2,1-2H3. The summed E-state index contributed by atoms with van der Waals surface area (Å²) in [5.74, 6) is 2.31. The van der Waals surface area contributed by atoms with Gasteiger partial charge in [-0.05, 0) is 18.2 Å². The van der Waals surface area contributed by atoms with E-state index in [1.807, 2.05) is 37.3 Å². The Morgan fingerprint density at radius 3 is 2.55 bits per heavy atom. The molecule has 0 aliphatic carbocycles. The van der Waals surface area contributed by atoms with Crippen LogP contribution in [0.3, 0.4) is 0 Å². The Bertz CT molecular complexity index is 991. The van der Waals surface area contributed by atoms with Crippen LogP contribution in [-0.2, 0) is 6.54 Å². The van der Waals surface area contributed by atoms with Gasteiger partial charge < -0.3 is 9.80 Å². The average molecular weight is 395 g/mol. The Balaban J connectivity index is 1.34. The van der Waals surface area contributed by atoms with Gasteiger partial charge in [-0.15, -0.1) is 5.10 Å². The number of hydrogen-bond donors (Lipinski definition) is 0. The molecule has 0 atom stereocenters. The zero-order valence-electron chi connectivity index (χ0n) is 16.7. The van der Waals surface area contributed by atoms with Gasteiger partial charge in [0.2, 0.25) is 5.95 Å². The minimum absolute atomic E-state index is 0.100. The Morgan fingerprint density at radius 1 is 1.00 bits per heavy atom. The fourth-order valence-electron chi connectivity index (χ4n) is 3.29. The molecule has 0 unspecified atom stereocenters. The van der Waals surface area contributed by atoms with E-state index in [1.54, 1.807) is 29.2 Å². The zero-order chi connectivity index (χ0) is 20.2. The van der Waals surface area contributed by atoms with Crippen LogP contribution in [0.5, 0.6) is 0 Å². The first-order chi connectivity index (χ1) is 14.1. The van der Waals surface area contributed by atoms with Crippen molar-refractivity contribution in [3.05, 3.63) is 53.2 Å². The van der Waals surface area contributed by atoms with Crippen molar-refractivity contribution >= 4 is 11.8 Å². The van der Waals surface area contributed by atoms with E-state index < -0.39 is 0 Å². The molecular formula is C19H25N9O. The molecule has 0 saturated carbocycles. The van der Waals surface area contributed by atoms with Gasteiger partial charge in [-0.2, -0.15) is 10.1 Å². The van der Waals surface area contributed by atoms with E-state index >= 15 is 0 Å². The summed E-state index contributed by atoms with van der Waals surface area (Å²) in [5.41, 5.74) is -0.100. The van der Waals surface area contributed by atoms with Crippen molar-refractivity contribution in [3.63, 3.8) is 0 Å². The molecule has 0 radical (unpaired) electrons. The smallest absolute Gasteiger partial charge is 0.266 e. The van der Waals surface area contributed by atoms with Crippen molar-refractivity contribution in [2.45, 2.75) is 6.54 Å². The maximum atomic E-state index is 12.2. The van der Waals surface area contributed by atoms with Gasteiger partial charge in [0.15, 0.2) is 5.82 Å². The van der Waals surface area contributed by atoms with Crippen LogP contribution in [0.4, 0.5) is 11.8 Å². The summed E-state index contributed by atoms with van der Waals surface area (Å²) in [4.78, 5) is 27.6. The molecule has 10 nitrogen and oxygen atoms in total. The van der Waals surface area contributed by atoms with E-state index in [1.165, 1.54) is 4.68 Å². The second-order valence-electron chi connectivity index (χ2n) is 7.14. The van der Waals surface area contributed by atoms with E-state index in [4.69, 9.17) is 0 Å². The highest BCUT2D eigenvalue weighted by molar-refractivity contribution is 5.43. The lowest BCUT2D eigenvalue weighted by atomic mass is 10.3. The maximum absolute atomic E-state index is 12.2. The summed E-state index contributed by atoms with van der Waals surface area (Å²) in [6.45, 7) is 4.92. The number of rotatable bonds is 6. The van der Waals surface area contributed by atoms with Crippen LogP contribution in [0.1, 0.15) is 0 Å². The van der Waals surface area contributed by atoms with Gasteiger partial charge in [0.25, 0.3) is 5.56 Å². The highest BCUT2D eigenvalue weighted by Gasteiger charge is 2.19. The summed E-state index contributed by atoms with van der Waals surface area (Å²) in [6, 6.07) is 7.01. The van der Waals surface area contributed by atoms with E-state index in [0.717, 1.165) is 38.5 Å². The Labute approximate surface area is 169 Å². The molecule has 0 amide bonds. The lowest BCUT2D eigenvalue weighted by molar-refractivity contribution is 0.242. The van der Waals surface area contributed by atoms with Crippen molar-refractivity contribution < 1.29 is 0 Å². The van der Waals surface area contributed by atoms with Gasteiger partial charge in [-0.3, -0.25) is 9.69 Å². The van der Waals surface area contributed by atoms with Crippen LogP contribution >= 0.6 is 0 Å². The average Bonchev–Trinajstić information content (AvgIpc) is 3.28. The predicted molar refractivity (Wildman–Crippen MR) is 111 cm³/mol. The van der Waals surface area contributed by atoms with Gasteiger partial charge in [0.05, 0.1) is 6.54 Å². The van der Waals surface area contributed by atoms with Crippen molar-refractivity contribution in [3.8, 4) is 5.82 Å². The molecule has 152 valence electrons. The molecular weight excluding hydrogens is 370 g/mol. The van der Waals surface area contributed by atoms with Crippen molar-refractivity contribution in [1.29, 1.82) is 0 Å². The molecule has 0 spiro atoms. The number of anilines is 2. The van der Waals surface area contributed by atoms with Crippen LogP contribution in [-0.4, -0.2) is 81.2 Å². The van der Waals surface area contributed by atoms with Crippen molar-refractivity contribution in [1.82, 2.24) is 34.4 Å². The topological polar surface area (TPSA) is 88.2 Å². The minimum atomic E-state index is -0.100. The fourth-order valence-corrected chi connectivity index (χ4v) is 3.29. The van der Waals surface area contributed by atoms with Gasteiger partial charge in [0.1, 0.15) is 5.82 Å². The first-order valence-corrected chi connectivity index (χ1v) is 9.66. The normalized spacial score (nSPS) is 14.9. The molecule has 3 aromatic heterocycles. The van der Waals surface area contributed by atoms with Gasteiger partial charge >= 0.3 is 0 Å². The molecule has 0 aromatic carbocycles. The Kier molecular flexibility index (Phi) is 5.52. The Morgan fingerprint density at radius 2 is 1.83 bits per heavy atom. The first kappa shape index (κ1) is 19.1. The Hall–Kier alpha value is -3.27. The van der Waals surface area contributed by atoms with Gasteiger partial charge in [-0.1, -0.05) is 0 Å². The largest absolute Gasteiger partial charge is 0.354 e. The number of piperazine rings is 1. The number of nitrogens with zero attached hydrogens (tertiary/aromatic N) is 9. The SMILES string of the molecule is CN(C)c1nccc(N2CCN(CCn3nc(-n4cccn4)ccc3=O)CC2)n1. The van der Waals surface area contributed by atoms with Crippen LogP contribution in [0.2, 0.25) is 0 Å². The number of aromatic nitrogens is 6. The minimum Gasteiger partial charge on any atom is -0.354 e. The molecule has 1 fully saturated rings. The molecule has 4 rings (SSSR count). The summed E-state index contributed by atoms with van der Waals surface area (Å²) in [7, 11) is 3.88. The zero-order valence-corrected chi connectivity index (χ0v) is 16.7. The predicted octanol–water partition coefficient (Wildman–Crippen LogP) is 0.107. The molecule has 1 aliphatic rings. The van der Waals surface area contributed by atoms with Crippen LogP contribution in [0, 0.1) is 0 Å². The molecule has 0 bridgehead atoms. The second kappa shape index (κ2) is 8.39. The van der Waals surface area contributed by atoms with Crippen LogP contribution in [0.15, 0.2) is 47.7 Å². The van der Waals surface area contributed by atoms with E-state index in [2.05, 4.69) is 30.0 Å². The molecule has 4 heterocycles. The molecule has 10 heteroatoms. The van der Waals surface area contributed by atoms with Gasteiger partial charge in [-0.25, -0.2) is 14.3 Å². The molecule has 3 aromatic rings. The molecule has 1 aliphatic heterocycles. The van der Waals surface area contributed by atoms with E-state index in [0.29, 0.717) is 18.3 Å². The molecule has 1 saturated heterocycles. The lowest BCUT2D eigenvalue weighted by Gasteiger charge is -2.35. The second-order valence-corrected chi connectivity index (χ2v) is 7.14. The van der Waals surface area contributed by atoms with Crippen molar-refractivity contribution in [2.24, 2.45) is 0 Å². The van der Waals surface area contributed by atoms with E-state index in [9.17, 15) is 4.79 Å². The summed E-state index contributed by atoms with van der Waals surface area (Å²) in [5, 5.41) is 8.60. The quantitative estimate of drug-likeness (QED) is 0.581. The van der Waals surface area contributed by atoms with Crippen molar-refractivity contribution in [2.75, 3.05) is 56.6 Å². The summed E-state index contributed by atoms with van der Waals surface area (Å²) in [6.07, 6.45) is 5.30. The first-order valence-electron chi connectivity index (χ1n) is 9.66. The summed E-state index contributed by atoms with van der Waals surface area (Å²) >= 11 is 0. The molecule has 29 heavy (non-hydrogen) atoms. The van der Waals surface area contributed by atoms with Crippen LogP contribution < -0.4 is 15.4 Å².